The Balaban J connectivity index is 2.60. The summed E-state index contributed by atoms with van der Waals surface area (Å²) in [6, 6.07) is 0. The lowest BCUT2D eigenvalue weighted by Crippen LogP contribution is -2.24. The Labute approximate surface area is 111 Å². The SMILES string of the molecule is CC(=O)OCC1(CC/C=C\I)C=CCC=C1. The molecule has 0 bridgehead atoms. The zero-order valence-corrected chi connectivity index (χ0v) is 11.6. The van der Waals surface area contributed by atoms with Crippen LogP contribution in [0.15, 0.2) is 34.5 Å². The maximum atomic E-state index is 10.9. The van der Waals surface area contributed by atoms with Crippen LogP contribution in [-0.2, 0) is 9.53 Å². The fraction of sp³-hybridized carbons (Fsp3) is 0.462. The monoisotopic (exact) mass is 332 g/mol. The molecule has 1 aliphatic carbocycles. The van der Waals surface area contributed by atoms with Gasteiger partial charge < -0.3 is 4.74 Å². The van der Waals surface area contributed by atoms with Crippen molar-refractivity contribution in [3.05, 3.63) is 34.5 Å². The standard InChI is InChI=1S/C13H17IO2/c1-12(15)16-11-13(9-5-6-10-14)7-3-2-4-8-13/h3-4,6-8,10H,2,5,9,11H2,1H3/b10-6-. The number of halogens is 1. The molecule has 0 heterocycles. The van der Waals surface area contributed by atoms with E-state index in [1.165, 1.54) is 6.92 Å². The Kier molecular flexibility index (Phi) is 5.80. The summed E-state index contributed by atoms with van der Waals surface area (Å²) >= 11 is 2.22. The van der Waals surface area contributed by atoms with E-state index >= 15 is 0 Å². The van der Waals surface area contributed by atoms with Gasteiger partial charge in [-0.15, -0.1) is 0 Å². The lowest BCUT2D eigenvalue weighted by molar-refractivity contribution is -0.143. The molecule has 0 saturated carbocycles. The highest BCUT2D eigenvalue weighted by molar-refractivity contribution is 14.1. The van der Waals surface area contributed by atoms with E-state index in [9.17, 15) is 4.79 Å². The minimum atomic E-state index is -0.212. The van der Waals surface area contributed by atoms with Gasteiger partial charge in [-0.25, -0.2) is 0 Å². The average Bonchev–Trinajstić information content (AvgIpc) is 2.28. The highest BCUT2D eigenvalue weighted by Gasteiger charge is 2.25. The van der Waals surface area contributed by atoms with Crippen LogP contribution < -0.4 is 0 Å². The van der Waals surface area contributed by atoms with Crippen molar-refractivity contribution in [2.75, 3.05) is 6.61 Å². The van der Waals surface area contributed by atoms with Gasteiger partial charge in [0.25, 0.3) is 0 Å². The highest BCUT2D eigenvalue weighted by Crippen LogP contribution is 2.31. The van der Waals surface area contributed by atoms with Crippen molar-refractivity contribution in [2.45, 2.75) is 26.2 Å². The first-order valence-corrected chi connectivity index (χ1v) is 6.67. The number of hydrogen-bond acceptors (Lipinski definition) is 2. The molecule has 0 fully saturated rings. The molecule has 0 spiro atoms. The van der Waals surface area contributed by atoms with E-state index < -0.39 is 0 Å². The first-order valence-electron chi connectivity index (χ1n) is 5.42. The Bertz CT molecular complexity index is 304. The molecule has 1 aliphatic rings. The number of carbonyl (C=O) groups excluding carboxylic acids is 1. The number of esters is 1. The van der Waals surface area contributed by atoms with E-state index in [2.05, 4.69) is 53.0 Å². The summed E-state index contributed by atoms with van der Waals surface area (Å²) in [4.78, 5) is 10.9. The zero-order chi connectivity index (χ0) is 11.9. The Hall–Kier alpha value is -0.580. The number of ether oxygens (including phenoxy) is 1. The summed E-state index contributed by atoms with van der Waals surface area (Å²) in [6.45, 7) is 1.90. The lowest BCUT2D eigenvalue weighted by atomic mass is 9.81. The van der Waals surface area contributed by atoms with Gasteiger partial charge in [-0.3, -0.25) is 4.79 Å². The Morgan fingerprint density at radius 2 is 2.19 bits per heavy atom. The van der Waals surface area contributed by atoms with Gasteiger partial charge in [0.05, 0.1) is 0 Å². The quantitative estimate of drug-likeness (QED) is 0.435. The molecule has 0 N–H and O–H groups in total. The maximum absolute atomic E-state index is 10.9. The number of allylic oxidation sites excluding steroid dienone is 3. The van der Waals surface area contributed by atoms with Crippen molar-refractivity contribution in [3.8, 4) is 0 Å². The predicted molar refractivity (Wildman–Crippen MR) is 74.4 cm³/mol. The molecule has 16 heavy (non-hydrogen) atoms. The van der Waals surface area contributed by atoms with E-state index in [-0.39, 0.29) is 11.4 Å². The van der Waals surface area contributed by atoms with Crippen molar-refractivity contribution in [1.82, 2.24) is 0 Å². The third kappa shape index (κ3) is 4.51. The van der Waals surface area contributed by atoms with Crippen molar-refractivity contribution in [2.24, 2.45) is 5.41 Å². The molecule has 0 unspecified atom stereocenters. The first-order chi connectivity index (χ1) is 7.68. The molecule has 0 aromatic heterocycles. The zero-order valence-electron chi connectivity index (χ0n) is 9.49. The molecule has 1 rings (SSSR count). The summed E-state index contributed by atoms with van der Waals surface area (Å²) in [7, 11) is 0. The second-order valence-corrected chi connectivity index (χ2v) is 4.67. The molecule has 0 aliphatic heterocycles. The third-order valence-corrected chi connectivity index (χ3v) is 3.09. The van der Waals surface area contributed by atoms with Crippen LogP contribution in [-0.4, -0.2) is 12.6 Å². The smallest absolute Gasteiger partial charge is 0.302 e. The predicted octanol–water partition coefficient (Wildman–Crippen LogP) is 3.78. The number of rotatable bonds is 5. The van der Waals surface area contributed by atoms with Crippen LogP contribution in [0.2, 0.25) is 0 Å². The van der Waals surface area contributed by atoms with E-state index in [0.717, 1.165) is 19.3 Å². The summed E-state index contributed by atoms with van der Waals surface area (Å²) in [5.74, 6) is -0.212. The molecule has 0 radical (unpaired) electrons. The van der Waals surface area contributed by atoms with Gasteiger partial charge in [0.1, 0.15) is 6.61 Å². The molecular formula is C13H17IO2. The van der Waals surface area contributed by atoms with Crippen LogP contribution in [0, 0.1) is 5.41 Å². The van der Waals surface area contributed by atoms with Gasteiger partial charge in [-0.05, 0) is 23.3 Å². The maximum Gasteiger partial charge on any atom is 0.302 e. The highest BCUT2D eigenvalue weighted by atomic mass is 127. The van der Waals surface area contributed by atoms with Gasteiger partial charge in [0, 0.05) is 12.3 Å². The van der Waals surface area contributed by atoms with E-state index in [0.29, 0.717) is 6.61 Å². The largest absolute Gasteiger partial charge is 0.465 e. The van der Waals surface area contributed by atoms with Gasteiger partial charge in [0.2, 0.25) is 0 Å². The molecule has 0 saturated heterocycles. The molecule has 2 nitrogen and oxygen atoms in total. The normalized spacial score (nSPS) is 17.9. The van der Waals surface area contributed by atoms with Crippen LogP contribution in [0.25, 0.3) is 0 Å². The fourth-order valence-electron chi connectivity index (χ4n) is 1.73. The van der Waals surface area contributed by atoms with Crippen LogP contribution >= 0.6 is 22.6 Å². The van der Waals surface area contributed by atoms with Gasteiger partial charge in [0.15, 0.2) is 0 Å². The van der Waals surface area contributed by atoms with Crippen LogP contribution in [0.5, 0.6) is 0 Å². The summed E-state index contributed by atoms with van der Waals surface area (Å²) < 4.78 is 7.17. The lowest BCUT2D eigenvalue weighted by Gasteiger charge is -2.28. The number of carbonyl (C=O) groups is 1. The van der Waals surface area contributed by atoms with E-state index in [1.54, 1.807) is 0 Å². The second-order valence-electron chi connectivity index (χ2n) is 3.95. The molecule has 3 heteroatoms. The van der Waals surface area contributed by atoms with E-state index in [1.807, 2.05) is 4.08 Å². The minimum Gasteiger partial charge on any atom is -0.465 e. The molecule has 0 atom stereocenters. The van der Waals surface area contributed by atoms with Crippen LogP contribution in [0.1, 0.15) is 26.2 Å². The van der Waals surface area contributed by atoms with Gasteiger partial charge in [-0.1, -0.05) is 53.0 Å². The van der Waals surface area contributed by atoms with Crippen LogP contribution in [0.4, 0.5) is 0 Å². The number of hydrogen-bond donors (Lipinski definition) is 0. The summed E-state index contributed by atoms with van der Waals surface area (Å²) in [5, 5.41) is 0. The van der Waals surface area contributed by atoms with Crippen molar-refractivity contribution < 1.29 is 9.53 Å². The molecule has 88 valence electrons. The van der Waals surface area contributed by atoms with Crippen molar-refractivity contribution >= 4 is 28.6 Å². The average molecular weight is 332 g/mol. The molecule has 0 amide bonds. The van der Waals surface area contributed by atoms with Gasteiger partial charge >= 0.3 is 5.97 Å². The molecular weight excluding hydrogens is 315 g/mol. The Morgan fingerprint density at radius 1 is 1.50 bits per heavy atom. The molecule has 0 aromatic carbocycles. The third-order valence-electron chi connectivity index (χ3n) is 2.58. The van der Waals surface area contributed by atoms with Crippen LogP contribution in [0.3, 0.4) is 0 Å². The summed E-state index contributed by atoms with van der Waals surface area (Å²) in [6.07, 6.45) is 13.7. The molecule has 0 aromatic rings. The minimum absolute atomic E-state index is 0.0972. The van der Waals surface area contributed by atoms with Crippen molar-refractivity contribution in [1.29, 1.82) is 0 Å². The Morgan fingerprint density at radius 3 is 2.75 bits per heavy atom. The first kappa shape index (κ1) is 13.5. The van der Waals surface area contributed by atoms with E-state index in [4.69, 9.17) is 4.74 Å². The fourth-order valence-corrected chi connectivity index (χ4v) is 2.09. The van der Waals surface area contributed by atoms with Crippen molar-refractivity contribution in [3.63, 3.8) is 0 Å². The van der Waals surface area contributed by atoms with Gasteiger partial charge in [-0.2, -0.15) is 0 Å². The topological polar surface area (TPSA) is 26.3 Å². The second kappa shape index (κ2) is 6.89. The summed E-state index contributed by atoms with van der Waals surface area (Å²) in [5.41, 5.74) is -0.0972.